The van der Waals surface area contributed by atoms with E-state index in [1.165, 1.54) is 0 Å². The van der Waals surface area contributed by atoms with Crippen molar-refractivity contribution in [3.05, 3.63) is 65.7 Å². The van der Waals surface area contributed by atoms with Gasteiger partial charge in [0.05, 0.1) is 16.8 Å². The summed E-state index contributed by atoms with van der Waals surface area (Å²) in [4.78, 5) is 19.4. The molecular weight excluding hydrogens is 338 g/mol. The van der Waals surface area contributed by atoms with Gasteiger partial charge in [-0.05, 0) is 32.0 Å². The summed E-state index contributed by atoms with van der Waals surface area (Å²) in [7, 11) is 0. The molecule has 2 heterocycles. The number of aromatic nitrogens is 1. The second-order valence-electron chi connectivity index (χ2n) is 7.12. The molecule has 1 fully saturated rings. The number of nitrogens with zero attached hydrogens (tertiary/aromatic N) is 2. The molecule has 0 atom stereocenters. The average Bonchev–Trinajstić information content (AvgIpc) is 2.69. The summed E-state index contributed by atoms with van der Waals surface area (Å²) in [6.45, 7) is 2.32. The van der Waals surface area contributed by atoms with E-state index in [4.69, 9.17) is 10.7 Å². The lowest BCUT2D eigenvalue weighted by Crippen LogP contribution is -2.39. The molecule has 0 bridgehead atoms. The molecule has 1 aliphatic rings. The molecule has 27 heavy (non-hydrogen) atoms. The summed E-state index contributed by atoms with van der Waals surface area (Å²) in [5, 5.41) is 10.7. The van der Waals surface area contributed by atoms with Gasteiger partial charge in [0, 0.05) is 29.1 Å². The Labute approximate surface area is 158 Å². The quantitative estimate of drug-likeness (QED) is 0.743. The molecule has 0 aliphatic carbocycles. The molecule has 2 aromatic carbocycles. The number of hydrogen-bond acceptors (Lipinski definition) is 4. The number of rotatable bonds is 4. The van der Waals surface area contributed by atoms with Crippen molar-refractivity contribution in [2.45, 2.75) is 25.4 Å². The molecule has 138 valence electrons. The molecule has 0 saturated carbocycles. The molecule has 1 saturated heterocycles. The molecule has 5 heteroatoms. The van der Waals surface area contributed by atoms with Crippen molar-refractivity contribution in [2.75, 3.05) is 13.1 Å². The zero-order chi connectivity index (χ0) is 18.8. The molecule has 3 aromatic rings. The highest BCUT2D eigenvalue weighted by atomic mass is 16.4. The highest BCUT2D eigenvalue weighted by Crippen LogP contribution is 2.31. The molecule has 5 nitrogen and oxygen atoms in total. The number of pyridine rings is 1. The third kappa shape index (κ3) is 3.56. The Morgan fingerprint density at radius 1 is 1.07 bits per heavy atom. The SMILES string of the molecule is NC1CCN(Cc2c(-c3ccccc3)nc3ccccc3c2C(=O)O)CC1. The summed E-state index contributed by atoms with van der Waals surface area (Å²) in [5.74, 6) is -0.908. The van der Waals surface area contributed by atoms with Crippen molar-refractivity contribution < 1.29 is 9.90 Å². The van der Waals surface area contributed by atoms with Crippen molar-refractivity contribution in [2.24, 2.45) is 5.73 Å². The highest BCUT2D eigenvalue weighted by Gasteiger charge is 2.24. The second kappa shape index (κ2) is 7.47. The fourth-order valence-corrected chi connectivity index (χ4v) is 3.82. The van der Waals surface area contributed by atoms with Crippen LogP contribution in [0.4, 0.5) is 0 Å². The maximum atomic E-state index is 12.2. The van der Waals surface area contributed by atoms with Crippen LogP contribution >= 0.6 is 0 Å². The second-order valence-corrected chi connectivity index (χ2v) is 7.12. The van der Waals surface area contributed by atoms with Crippen LogP contribution in [0.2, 0.25) is 0 Å². The number of carboxylic acids is 1. The van der Waals surface area contributed by atoms with Crippen LogP contribution in [0.1, 0.15) is 28.8 Å². The number of hydrogen-bond donors (Lipinski definition) is 2. The number of nitrogens with two attached hydrogens (primary N) is 1. The normalized spacial score (nSPS) is 15.9. The van der Waals surface area contributed by atoms with Gasteiger partial charge in [0.25, 0.3) is 0 Å². The summed E-state index contributed by atoms with van der Waals surface area (Å²) < 4.78 is 0. The van der Waals surface area contributed by atoms with E-state index in [9.17, 15) is 9.90 Å². The highest BCUT2D eigenvalue weighted by molar-refractivity contribution is 6.05. The van der Waals surface area contributed by atoms with Crippen LogP contribution in [0, 0.1) is 0 Å². The number of carboxylic acid groups (broad SMARTS) is 1. The minimum atomic E-state index is -0.908. The van der Waals surface area contributed by atoms with E-state index in [2.05, 4.69) is 4.90 Å². The number of likely N-dealkylation sites (tertiary alicyclic amines) is 1. The van der Waals surface area contributed by atoms with Gasteiger partial charge in [0.15, 0.2) is 0 Å². The molecular formula is C22H23N3O2. The third-order valence-corrected chi connectivity index (χ3v) is 5.27. The summed E-state index contributed by atoms with van der Waals surface area (Å²) in [6, 6.07) is 17.5. The van der Waals surface area contributed by atoms with E-state index < -0.39 is 5.97 Å². The molecule has 0 unspecified atom stereocenters. The average molecular weight is 361 g/mol. The third-order valence-electron chi connectivity index (χ3n) is 5.27. The molecule has 1 aromatic heterocycles. The van der Waals surface area contributed by atoms with Gasteiger partial charge in [0.2, 0.25) is 0 Å². The van der Waals surface area contributed by atoms with Gasteiger partial charge in [-0.25, -0.2) is 9.78 Å². The zero-order valence-corrected chi connectivity index (χ0v) is 15.1. The molecule has 1 aliphatic heterocycles. The van der Waals surface area contributed by atoms with Crippen LogP contribution in [0.15, 0.2) is 54.6 Å². The van der Waals surface area contributed by atoms with E-state index in [1.807, 2.05) is 54.6 Å². The van der Waals surface area contributed by atoms with Crippen LogP contribution in [-0.4, -0.2) is 40.1 Å². The first-order valence-corrected chi connectivity index (χ1v) is 9.32. The van der Waals surface area contributed by atoms with Crippen molar-refractivity contribution in [1.82, 2.24) is 9.88 Å². The van der Waals surface area contributed by atoms with Gasteiger partial charge >= 0.3 is 5.97 Å². The van der Waals surface area contributed by atoms with Gasteiger partial charge in [-0.15, -0.1) is 0 Å². The van der Waals surface area contributed by atoms with Crippen LogP contribution in [0.5, 0.6) is 0 Å². The van der Waals surface area contributed by atoms with E-state index >= 15 is 0 Å². The Morgan fingerprint density at radius 3 is 2.44 bits per heavy atom. The first-order chi connectivity index (χ1) is 13.1. The summed E-state index contributed by atoms with van der Waals surface area (Å²) >= 11 is 0. The number of aromatic carboxylic acids is 1. The number of carbonyl (C=O) groups is 1. The van der Waals surface area contributed by atoms with Crippen LogP contribution in [0.25, 0.3) is 22.2 Å². The van der Waals surface area contributed by atoms with Crippen molar-refractivity contribution in [3.8, 4) is 11.3 Å². The van der Waals surface area contributed by atoms with Crippen molar-refractivity contribution in [1.29, 1.82) is 0 Å². The van der Waals surface area contributed by atoms with Crippen LogP contribution < -0.4 is 5.73 Å². The van der Waals surface area contributed by atoms with Gasteiger partial charge in [0.1, 0.15) is 0 Å². The monoisotopic (exact) mass is 361 g/mol. The lowest BCUT2D eigenvalue weighted by molar-refractivity contribution is 0.0696. The lowest BCUT2D eigenvalue weighted by Gasteiger charge is -2.31. The summed E-state index contributed by atoms with van der Waals surface area (Å²) in [5.41, 5.74) is 9.56. The number of para-hydroxylation sites is 1. The molecule has 0 amide bonds. The Morgan fingerprint density at radius 2 is 1.74 bits per heavy atom. The smallest absolute Gasteiger partial charge is 0.336 e. The first-order valence-electron chi connectivity index (χ1n) is 9.32. The van der Waals surface area contributed by atoms with Crippen LogP contribution in [0.3, 0.4) is 0 Å². The minimum absolute atomic E-state index is 0.239. The van der Waals surface area contributed by atoms with E-state index in [1.54, 1.807) is 0 Å². The standard InChI is InChI=1S/C22H23N3O2/c23-16-10-12-25(13-11-16)14-18-20(22(26)27)17-8-4-5-9-19(17)24-21(18)15-6-2-1-3-7-15/h1-9,16H,10-14,23H2,(H,26,27). The lowest BCUT2D eigenvalue weighted by atomic mass is 9.95. The maximum absolute atomic E-state index is 12.2. The Balaban J connectivity index is 1.90. The predicted molar refractivity (Wildman–Crippen MR) is 107 cm³/mol. The Bertz CT molecular complexity index is 964. The molecule has 0 radical (unpaired) electrons. The number of piperidine rings is 1. The molecule has 3 N–H and O–H groups in total. The predicted octanol–water partition coefficient (Wildman–Crippen LogP) is 3.52. The first kappa shape index (κ1) is 17.6. The van der Waals surface area contributed by atoms with Gasteiger partial charge in [-0.3, -0.25) is 4.90 Å². The van der Waals surface area contributed by atoms with E-state index in [0.29, 0.717) is 23.0 Å². The minimum Gasteiger partial charge on any atom is -0.478 e. The van der Waals surface area contributed by atoms with E-state index in [0.717, 1.165) is 42.8 Å². The summed E-state index contributed by atoms with van der Waals surface area (Å²) in [6.07, 6.45) is 1.87. The number of benzene rings is 2. The van der Waals surface area contributed by atoms with Crippen molar-refractivity contribution >= 4 is 16.9 Å². The maximum Gasteiger partial charge on any atom is 0.336 e. The fourth-order valence-electron chi connectivity index (χ4n) is 3.82. The zero-order valence-electron chi connectivity index (χ0n) is 15.1. The number of fused-ring (bicyclic) bond motifs is 1. The molecule has 4 rings (SSSR count). The largest absolute Gasteiger partial charge is 0.478 e. The Kier molecular flexibility index (Phi) is 4.88. The van der Waals surface area contributed by atoms with Crippen molar-refractivity contribution in [3.63, 3.8) is 0 Å². The fraction of sp³-hybridized carbons (Fsp3) is 0.273. The molecule has 0 spiro atoms. The van der Waals surface area contributed by atoms with Gasteiger partial charge < -0.3 is 10.8 Å². The van der Waals surface area contributed by atoms with Gasteiger partial charge in [-0.2, -0.15) is 0 Å². The van der Waals surface area contributed by atoms with Gasteiger partial charge in [-0.1, -0.05) is 48.5 Å². The topological polar surface area (TPSA) is 79.5 Å². The Hall–Kier alpha value is -2.76. The van der Waals surface area contributed by atoms with Crippen LogP contribution in [-0.2, 0) is 6.54 Å². The van der Waals surface area contributed by atoms with E-state index in [-0.39, 0.29) is 6.04 Å².